The first-order chi connectivity index (χ1) is 28.8. The summed E-state index contributed by atoms with van der Waals surface area (Å²) in [7, 11) is 6.55. The Balaban J connectivity index is 1.86. The maximum Gasteiger partial charge on any atom is 0.303 e. The van der Waals surface area contributed by atoms with Crippen molar-refractivity contribution in [1.29, 1.82) is 0 Å². The highest BCUT2D eigenvalue weighted by molar-refractivity contribution is 6.00. The van der Waals surface area contributed by atoms with E-state index >= 15 is 0 Å². The third-order valence-corrected chi connectivity index (χ3v) is 12.6. The van der Waals surface area contributed by atoms with Gasteiger partial charge < -0.3 is 40.8 Å². The molecule has 0 saturated carbocycles. The molecule has 5 amide bonds. The minimum absolute atomic E-state index is 0.0207. The molecule has 0 aliphatic carbocycles. The van der Waals surface area contributed by atoms with Gasteiger partial charge in [-0.15, -0.1) is 0 Å². The number of hydrogen-bond acceptors (Lipinski definition) is 10. The SMILES string of the molecule is CC[C@H](C)[C@@H]([C@@H](CC(=O)N1CCC[C@H]1[C@H](OC)[C@@H](C)C(=O)N[C@@H](Cc1c[nH]c2ccccc12)C(N)=O)OC)N(C)[C@H](C(=O)N(CCCC(=O)O)C(=O)[C@@H](NC)C(C)C)C(C)C. The molecule has 2 aromatic rings. The van der Waals surface area contributed by atoms with Crippen LogP contribution < -0.4 is 16.4 Å². The summed E-state index contributed by atoms with van der Waals surface area (Å²) in [6.07, 6.45) is 2.54. The van der Waals surface area contributed by atoms with Gasteiger partial charge in [0.05, 0.1) is 42.7 Å². The van der Waals surface area contributed by atoms with Gasteiger partial charge in [-0.25, -0.2) is 0 Å². The number of nitrogens with two attached hydrogens (primary N) is 1. The molecule has 342 valence electrons. The van der Waals surface area contributed by atoms with Crippen LogP contribution >= 0.6 is 0 Å². The van der Waals surface area contributed by atoms with Crippen LogP contribution in [0.4, 0.5) is 0 Å². The summed E-state index contributed by atoms with van der Waals surface area (Å²) in [4.78, 5) is 89.0. The lowest BCUT2D eigenvalue weighted by Crippen LogP contribution is -2.61. The first-order valence-electron chi connectivity index (χ1n) is 21.8. The number of primary amides is 1. The van der Waals surface area contributed by atoms with Crippen molar-refractivity contribution < 1.29 is 43.3 Å². The first-order valence-corrected chi connectivity index (χ1v) is 21.8. The number of para-hydroxylation sites is 1. The molecule has 1 aliphatic heterocycles. The van der Waals surface area contributed by atoms with Crippen LogP contribution in [-0.2, 0) is 44.7 Å². The van der Waals surface area contributed by atoms with E-state index in [4.69, 9.17) is 15.2 Å². The van der Waals surface area contributed by atoms with Crippen molar-refractivity contribution in [3.05, 3.63) is 36.0 Å². The van der Waals surface area contributed by atoms with Gasteiger partial charge in [-0.05, 0) is 62.7 Å². The Bertz CT molecular complexity index is 1780. The van der Waals surface area contributed by atoms with Gasteiger partial charge in [-0.1, -0.05) is 73.1 Å². The monoisotopic (exact) mass is 856 g/mol. The van der Waals surface area contributed by atoms with Crippen molar-refractivity contribution in [1.82, 2.24) is 30.3 Å². The zero-order valence-electron chi connectivity index (χ0n) is 38.2. The number of imide groups is 1. The minimum Gasteiger partial charge on any atom is -0.481 e. The number of rotatable bonds is 25. The van der Waals surface area contributed by atoms with Crippen LogP contribution in [0.2, 0.25) is 0 Å². The van der Waals surface area contributed by atoms with Gasteiger partial charge >= 0.3 is 5.97 Å². The number of methoxy groups -OCH3 is 2. The van der Waals surface area contributed by atoms with E-state index in [9.17, 15) is 33.9 Å². The number of nitrogens with one attached hydrogen (secondary N) is 3. The fourth-order valence-corrected chi connectivity index (χ4v) is 9.14. The number of carboxylic acid groups (broad SMARTS) is 1. The highest BCUT2D eigenvalue weighted by Gasteiger charge is 2.45. The second kappa shape index (κ2) is 23.7. The number of hydrogen-bond donors (Lipinski definition) is 5. The van der Waals surface area contributed by atoms with Gasteiger partial charge in [0.25, 0.3) is 0 Å². The van der Waals surface area contributed by atoms with Gasteiger partial charge in [0.15, 0.2) is 0 Å². The number of aliphatic carboxylic acids is 1. The molecular weight excluding hydrogens is 783 g/mol. The molecule has 61 heavy (non-hydrogen) atoms. The topological polar surface area (TPSA) is 217 Å². The number of fused-ring (bicyclic) bond motifs is 1. The average Bonchev–Trinajstić information content (AvgIpc) is 3.86. The second-order valence-corrected chi connectivity index (χ2v) is 17.4. The van der Waals surface area contributed by atoms with E-state index in [1.54, 1.807) is 26.0 Å². The summed E-state index contributed by atoms with van der Waals surface area (Å²) >= 11 is 0. The summed E-state index contributed by atoms with van der Waals surface area (Å²) in [6, 6.07) is 4.36. The Morgan fingerprint density at radius 1 is 1.00 bits per heavy atom. The smallest absolute Gasteiger partial charge is 0.303 e. The maximum atomic E-state index is 14.6. The predicted molar refractivity (Wildman–Crippen MR) is 234 cm³/mol. The van der Waals surface area contributed by atoms with Crippen molar-refractivity contribution in [2.24, 2.45) is 29.4 Å². The molecule has 3 rings (SSSR count). The zero-order chi connectivity index (χ0) is 45.7. The van der Waals surface area contributed by atoms with Crippen molar-refractivity contribution >= 4 is 46.4 Å². The van der Waals surface area contributed by atoms with Crippen LogP contribution in [0.3, 0.4) is 0 Å². The highest BCUT2D eigenvalue weighted by atomic mass is 16.5. The summed E-state index contributed by atoms with van der Waals surface area (Å²) in [5.74, 6) is -4.34. The summed E-state index contributed by atoms with van der Waals surface area (Å²) in [5.41, 5.74) is 7.54. The van der Waals surface area contributed by atoms with E-state index in [0.717, 1.165) is 16.5 Å². The molecule has 9 atom stereocenters. The summed E-state index contributed by atoms with van der Waals surface area (Å²) < 4.78 is 12.1. The molecule has 1 fully saturated rings. The molecule has 1 aromatic carbocycles. The van der Waals surface area contributed by atoms with Gasteiger partial charge in [-0.2, -0.15) is 0 Å². The Hall–Kier alpha value is -4.38. The summed E-state index contributed by atoms with van der Waals surface area (Å²) in [5, 5.41) is 16.2. The maximum absolute atomic E-state index is 14.6. The van der Waals surface area contributed by atoms with Crippen LogP contribution in [0.1, 0.15) is 92.6 Å². The molecule has 16 nitrogen and oxygen atoms in total. The molecule has 1 aliphatic rings. The Labute approximate surface area is 362 Å². The average molecular weight is 856 g/mol. The molecule has 1 aromatic heterocycles. The Morgan fingerprint density at radius 3 is 2.23 bits per heavy atom. The van der Waals surface area contributed by atoms with E-state index in [0.29, 0.717) is 25.8 Å². The zero-order valence-corrected chi connectivity index (χ0v) is 38.2. The van der Waals surface area contributed by atoms with Gasteiger partial charge in [0.2, 0.25) is 29.5 Å². The van der Waals surface area contributed by atoms with Crippen molar-refractivity contribution in [2.45, 2.75) is 136 Å². The largest absolute Gasteiger partial charge is 0.481 e. The number of likely N-dealkylation sites (tertiary alicyclic amines) is 1. The molecule has 1 saturated heterocycles. The molecule has 16 heteroatoms. The molecular formula is C45H73N7O9. The van der Waals surface area contributed by atoms with Crippen LogP contribution in [0.25, 0.3) is 10.9 Å². The number of ether oxygens (including phenoxy) is 2. The predicted octanol–water partition coefficient (Wildman–Crippen LogP) is 3.56. The van der Waals surface area contributed by atoms with E-state index in [1.165, 1.54) is 12.0 Å². The van der Waals surface area contributed by atoms with E-state index < -0.39 is 77.9 Å². The number of aromatic amines is 1. The van der Waals surface area contributed by atoms with Crippen LogP contribution in [0.15, 0.2) is 30.5 Å². The van der Waals surface area contributed by atoms with Crippen molar-refractivity contribution in [3.63, 3.8) is 0 Å². The molecule has 0 bridgehead atoms. The number of carbonyl (C=O) groups excluding carboxylic acids is 5. The van der Waals surface area contributed by atoms with E-state index in [-0.39, 0.29) is 55.9 Å². The molecule has 0 unspecified atom stereocenters. The standard InChI is InChI=1S/C45H73N7O9/c1-12-28(6)40(50(9)39(27(4)5)45(59)52(22-16-20-37(54)55)44(58)38(47-8)26(2)3)35(60-10)24-36(53)51-21-15-19-34(51)41(61-11)29(7)43(57)49-33(42(46)56)23-30-25-48-32-18-14-13-17-31(30)32/h13-14,17-18,25-29,33-35,38-41,47-48H,12,15-16,19-24H2,1-11H3,(H2,46,56)(H,49,57)(H,54,55)/t28-,29+,33-,34-,35+,38-,39-,40-,41+/m0/s1. The van der Waals surface area contributed by atoms with E-state index in [1.807, 2.05) is 84.0 Å². The van der Waals surface area contributed by atoms with Crippen LogP contribution in [0, 0.1) is 23.7 Å². The van der Waals surface area contributed by atoms with Crippen LogP contribution in [0.5, 0.6) is 0 Å². The summed E-state index contributed by atoms with van der Waals surface area (Å²) in [6.45, 7) is 13.8. The molecule has 2 heterocycles. The quantitative estimate of drug-likeness (QED) is 0.0974. The fraction of sp³-hybridized carbons (Fsp3) is 0.689. The second-order valence-electron chi connectivity index (χ2n) is 17.4. The lowest BCUT2D eigenvalue weighted by Gasteiger charge is -2.44. The number of carboxylic acids is 1. The number of benzene rings is 1. The van der Waals surface area contributed by atoms with Gasteiger partial charge in [-0.3, -0.25) is 38.6 Å². The normalized spacial score (nSPS) is 18.4. The lowest BCUT2D eigenvalue weighted by molar-refractivity contribution is -0.154. The number of amides is 5. The van der Waals surface area contributed by atoms with E-state index in [2.05, 4.69) is 15.6 Å². The van der Waals surface area contributed by atoms with Crippen LogP contribution in [-0.4, -0.2) is 144 Å². The minimum atomic E-state index is -1.01. The number of H-pyrrole nitrogens is 1. The Morgan fingerprint density at radius 2 is 1.67 bits per heavy atom. The lowest BCUT2D eigenvalue weighted by atomic mass is 9.87. The molecule has 0 radical (unpaired) electrons. The third-order valence-electron chi connectivity index (χ3n) is 12.6. The fourth-order valence-electron chi connectivity index (χ4n) is 9.14. The number of nitrogens with zero attached hydrogens (tertiary/aromatic N) is 3. The molecule has 6 N–H and O–H groups in total. The Kier molecular flexibility index (Phi) is 19.8. The number of likely N-dealkylation sites (N-methyl/N-ethyl adjacent to an activating group) is 2. The van der Waals surface area contributed by atoms with Crippen molar-refractivity contribution in [2.75, 3.05) is 41.4 Å². The van der Waals surface area contributed by atoms with Gasteiger partial charge in [0.1, 0.15) is 6.04 Å². The highest BCUT2D eigenvalue weighted by Crippen LogP contribution is 2.31. The number of carbonyl (C=O) groups is 6. The third kappa shape index (κ3) is 12.8. The molecule has 0 spiro atoms. The van der Waals surface area contributed by atoms with Gasteiger partial charge in [0, 0.05) is 63.3 Å². The van der Waals surface area contributed by atoms with Crippen molar-refractivity contribution in [3.8, 4) is 0 Å². The number of aromatic nitrogens is 1. The first kappa shape index (κ1) is 51.0.